The zero-order chi connectivity index (χ0) is 22.7. The lowest BCUT2D eigenvalue weighted by atomic mass is 9.93. The van der Waals surface area contributed by atoms with Crippen molar-refractivity contribution in [2.24, 2.45) is 5.10 Å². The van der Waals surface area contributed by atoms with Gasteiger partial charge in [-0.3, -0.25) is 10.2 Å². The van der Waals surface area contributed by atoms with E-state index in [9.17, 15) is 14.0 Å². The van der Waals surface area contributed by atoms with Crippen LogP contribution in [0.1, 0.15) is 50.6 Å². The van der Waals surface area contributed by atoms with Crippen LogP contribution in [-0.4, -0.2) is 24.7 Å². The molecule has 0 bridgehead atoms. The number of rotatable bonds is 5. The van der Waals surface area contributed by atoms with Crippen LogP contribution in [0, 0.1) is 12.7 Å². The SMILES string of the molecule is COC(=O)c1ccc(NC(=O)c2oc3c(c2C)/C(=N/Nc2ccc(F)cc2)CCC3)cc1. The largest absolute Gasteiger partial charge is 0.465 e. The molecule has 0 unspecified atom stereocenters. The van der Waals surface area contributed by atoms with E-state index in [1.165, 1.54) is 19.2 Å². The summed E-state index contributed by atoms with van der Waals surface area (Å²) in [4.78, 5) is 24.4. The first-order chi connectivity index (χ1) is 15.5. The summed E-state index contributed by atoms with van der Waals surface area (Å²) in [5.74, 6) is -0.195. The van der Waals surface area contributed by atoms with E-state index in [1.807, 2.05) is 6.92 Å². The number of furan rings is 1. The molecule has 1 aliphatic rings. The number of benzene rings is 2. The van der Waals surface area contributed by atoms with Gasteiger partial charge in [0.25, 0.3) is 5.91 Å². The Balaban J connectivity index is 1.54. The van der Waals surface area contributed by atoms with E-state index in [4.69, 9.17) is 4.42 Å². The maximum absolute atomic E-state index is 13.1. The highest BCUT2D eigenvalue weighted by Gasteiger charge is 2.28. The Morgan fingerprint density at radius 1 is 1.03 bits per heavy atom. The number of fused-ring (bicyclic) bond motifs is 1. The number of nitrogens with one attached hydrogen (secondary N) is 2. The molecule has 1 heterocycles. The number of hydrogen-bond donors (Lipinski definition) is 2. The molecule has 0 spiro atoms. The Hall–Kier alpha value is -3.94. The molecule has 2 aromatic carbocycles. The fourth-order valence-corrected chi connectivity index (χ4v) is 3.65. The van der Waals surface area contributed by atoms with E-state index < -0.39 is 5.97 Å². The topological polar surface area (TPSA) is 92.9 Å². The van der Waals surface area contributed by atoms with E-state index in [-0.39, 0.29) is 17.5 Å². The number of aryl methyl sites for hydroxylation is 1. The van der Waals surface area contributed by atoms with Crippen LogP contribution in [0.5, 0.6) is 0 Å². The summed E-state index contributed by atoms with van der Waals surface area (Å²) >= 11 is 0. The number of methoxy groups -OCH3 is 1. The molecule has 0 atom stereocenters. The average Bonchev–Trinajstić information content (AvgIpc) is 3.16. The molecule has 1 aromatic heterocycles. The van der Waals surface area contributed by atoms with Crippen LogP contribution in [0.2, 0.25) is 0 Å². The maximum Gasteiger partial charge on any atom is 0.337 e. The van der Waals surface area contributed by atoms with Crippen LogP contribution in [0.4, 0.5) is 15.8 Å². The molecule has 4 rings (SSSR count). The van der Waals surface area contributed by atoms with E-state index >= 15 is 0 Å². The van der Waals surface area contributed by atoms with Crippen molar-refractivity contribution in [2.45, 2.75) is 26.2 Å². The highest BCUT2D eigenvalue weighted by atomic mass is 19.1. The van der Waals surface area contributed by atoms with Crippen molar-refractivity contribution in [2.75, 3.05) is 17.9 Å². The molecule has 3 aromatic rings. The number of hydrazone groups is 1. The molecule has 0 saturated carbocycles. The third-order valence-electron chi connectivity index (χ3n) is 5.26. The summed E-state index contributed by atoms with van der Waals surface area (Å²) in [6.07, 6.45) is 2.30. The Bertz CT molecular complexity index is 1180. The fraction of sp³-hybridized carbons (Fsp3) is 0.208. The summed E-state index contributed by atoms with van der Waals surface area (Å²) in [5.41, 5.74) is 6.87. The molecule has 7 nitrogen and oxygen atoms in total. The van der Waals surface area contributed by atoms with Gasteiger partial charge in [0.05, 0.1) is 24.1 Å². The van der Waals surface area contributed by atoms with Crippen molar-refractivity contribution in [3.63, 3.8) is 0 Å². The average molecular weight is 435 g/mol. The Morgan fingerprint density at radius 3 is 2.41 bits per heavy atom. The van der Waals surface area contributed by atoms with Crippen molar-refractivity contribution >= 4 is 29.0 Å². The number of carbonyl (C=O) groups excluding carboxylic acids is 2. The summed E-state index contributed by atoms with van der Waals surface area (Å²) < 4.78 is 23.7. The van der Waals surface area contributed by atoms with Gasteiger partial charge in [-0.05, 0) is 68.3 Å². The number of hydrogen-bond acceptors (Lipinski definition) is 6. The first kappa shape index (κ1) is 21.3. The molecule has 2 N–H and O–H groups in total. The van der Waals surface area contributed by atoms with Crippen LogP contribution in [0.15, 0.2) is 58.0 Å². The summed E-state index contributed by atoms with van der Waals surface area (Å²) in [6, 6.07) is 12.3. The van der Waals surface area contributed by atoms with E-state index in [2.05, 4.69) is 20.6 Å². The molecular formula is C24H22FN3O4. The first-order valence-electron chi connectivity index (χ1n) is 10.2. The zero-order valence-electron chi connectivity index (χ0n) is 17.7. The Kier molecular flexibility index (Phi) is 6.02. The molecule has 32 heavy (non-hydrogen) atoms. The lowest BCUT2D eigenvalue weighted by Crippen LogP contribution is -2.14. The predicted octanol–water partition coefficient (Wildman–Crippen LogP) is 4.92. The van der Waals surface area contributed by atoms with Gasteiger partial charge in [0.1, 0.15) is 11.6 Å². The van der Waals surface area contributed by atoms with Gasteiger partial charge in [0.15, 0.2) is 5.76 Å². The molecule has 0 saturated heterocycles. The molecule has 8 heteroatoms. The minimum atomic E-state index is -0.446. The van der Waals surface area contributed by atoms with Gasteiger partial charge in [-0.25, -0.2) is 9.18 Å². The number of nitrogens with zero attached hydrogens (tertiary/aromatic N) is 1. The molecular weight excluding hydrogens is 413 g/mol. The zero-order valence-corrected chi connectivity index (χ0v) is 17.7. The van der Waals surface area contributed by atoms with Crippen LogP contribution in [-0.2, 0) is 11.2 Å². The van der Waals surface area contributed by atoms with E-state index in [1.54, 1.807) is 36.4 Å². The smallest absolute Gasteiger partial charge is 0.337 e. The number of halogens is 1. The second-order valence-electron chi connectivity index (χ2n) is 7.41. The van der Waals surface area contributed by atoms with Crippen LogP contribution in [0.25, 0.3) is 0 Å². The lowest BCUT2D eigenvalue weighted by Gasteiger charge is -2.13. The van der Waals surface area contributed by atoms with Crippen LogP contribution < -0.4 is 10.7 Å². The van der Waals surface area contributed by atoms with Gasteiger partial charge in [-0.1, -0.05) is 0 Å². The minimum absolute atomic E-state index is 0.225. The van der Waals surface area contributed by atoms with Crippen molar-refractivity contribution in [3.05, 3.63) is 82.6 Å². The summed E-state index contributed by atoms with van der Waals surface area (Å²) in [7, 11) is 1.31. The molecule has 1 aliphatic carbocycles. The fourth-order valence-electron chi connectivity index (χ4n) is 3.65. The maximum atomic E-state index is 13.1. The normalized spacial score (nSPS) is 14.0. The van der Waals surface area contributed by atoms with Gasteiger partial charge >= 0.3 is 5.97 Å². The van der Waals surface area contributed by atoms with E-state index in [0.717, 1.165) is 29.9 Å². The summed E-state index contributed by atoms with van der Waals surface area (Å²) in [6.45, 7) is 1.83. The number of anilines is 2. The van der Waals surface area contributed by atoms with Gasteiger partial charge in [0.2, 0.25) is 0 Å². The number of ether oxygens (including phenoxy) is 1. The van der Waals surface area contributed by atoms with E-state index in [0.29, 0.717) is 28.9 Å². The first-order valence-corrected chi connectivity index (χ1v) is 10.2. The molecule has 0 fully saturated rings. The molecule has 1 amide bonds. The quantitative estimate of drug-likeness (QED) is 0.438. The molecule has 0 radical (unpaired) electrons. The third kappa shape index (κ3) is 4.39. The number of amides is 1. The minimum Gasteiger partial charge on any atom is -0.465 e. The van der Waals surface area contributed by atoms with Crippen molar-refractivity contribution < 1.29 is 23.1 Å². The summed E-state index contributed by atoms with van der Waals surface area (Å²) in [5, 5.41) is 7.28. The van der Waals surface area contributed by atoms with Gasteiger partial charge in [-0.15, -0.1) is 0 Å². The van der Waals surface area contributed by atoms with Crippen LogP contribution in [0.3, 0.4) is 0 Å². The standard InChI is InChI=1S/C24H22FN3O4/c1-14-21-19(28-27-18-12-8-16(25)9-13-18)4-3-5-20(21)32-22(14)23(29)26-17-10-6-15(7-11-17)24(30)31-2/h6-13,27H,3-5H2,1-2H3,(H,26,29)/b28-19+. The Morgan fingerprint density at radius 2 is 1.72 bits per heavy atom. The monoisotopic (exact) mass is 435 g/mol. The highest BCUT2D eigenvalue weighted by molar-refractivity contribution is 6.09. The van der Waals surface area contributed by atoms with Gasteiger partial charge in [0, 0.05) is 23.2 Å². The Labute approximate surface area is 184 Å². The second-order valence-corrected chi connectivity index (χ2v) is 7.41. The van der Waals surface area contributed by atoms with Gasteiger partial charge in [-0.2, -0.15) is 5.10 Å². The molecule has 164 valence electrons. The van der Waals surface area contributed by atoms with Crippen molar-refractivity contribution in [1.29, 1.82) is 0 Å². The lowest BCUT2D eigenvalue weighted by molar-refractivity contribution is 0.0600. The predicted molar refractivity (Wildman–Crippen MR) is 119 cm³/mol. The second kappa shape index (κ2) is 9.05. The third-order valence-corrected chi connectivity index (χ3v) is 5.26. The molecule has 0 aliphatic heterocycles. The van der Waals surface area contributed by atoms with Gasteiger partial charge < -0.3 is 14.5 Å². The number of carbonyl (C=O) groups is 2. The van der Waals surface area contributed by atoms with Crippen molar-refractivity contribution in [3.8, 4) is 0 Å². The van der Waals surface area contributed by atoms with Crippen LogP contribution >= 0.6 is 0 Å². The highest BCUT2D eigenvalue weighted by Crippen LogP contribution is 2.30. The van der Waals surface area contributed by atoms with Crippen molar-refractivity contribution in [1.82, 2.24) is 0 Å². The number of esters is 1.